The fraction of sp³-hybridized carbons (Fsp3) is 0.160. The Morgan fingerprint density at radius 3 is 2.41 bits per heavy atom. The van der Waals surface area contributed by atoms with Crippen molar-refractivity contribution in [3.05, 3.63) is 89.0 Å². The number of ether oxygens (including phenoxy) is 1. The molecule has 4 heteroatoms. The molecule has 3 aromatic carbocycles. The van der Waals surface area contributed by atoms with E-state index in [9.17, 15) is 9.90 Å². The average molecular weight is 385 g/mol. The number of carboxylic acid groups (broad SMARTS) is 1. The standard InChI is InChI=1S/C25H23NO3/c1-16-12-17(2)24-21(13-16)22(14-23(27)28)25(26-24)19-8-10-20(11-9-19)29-15-18-6-4-3-5-7-18/h3-13,26H,14-15H2,1-2H3,(H,27,28). The van der Waals surface area contributed by atoms with Crippen molar-refractivity contribution in [2.45, 2.75) is 26.9 Å². The Morgan fingerprint density at radius 2 is 1.72 bits per heavy atom. The number of fused-ring (bicyclic) bond motifs is 1. The second kappa shape index (κ2) is 7.84. The third kappa shape index (κ3) is 4.02. The van der Waals surface area contributed by atoms with Crippen molar-refractivity contribution >= 4 is 16.9 Å². The molecule has 0 saturated heterocycles. The lowest BCUT2D eigenvalue weighted by Gasteiger charge is -2.08. The van der Waals surface area contributed by atoms with Gasteiger partial charge in [-0.25, -0.2) is 0 Å². The Morgan fingerprint density at radius 1 is 1.00 bits per heavy atom. The highest BCUT2D eigenvalue weighted by atomic mass is 16.5. The molecule has 29 heavy (non-hydrogen) atoms. The minimum atomic E-state index is -0.839. The van der Waals surface area contributed by atoms with Crippen molar-refractivity contribution in [1.29, 1.82) is 0 Å². The lowest BCUT2D eigenvalue weighted by molar-refractivity contribution is -0.136. The second-order valence-electron chi connectivity index (χ2n) is 7.35. The van der Waals surface area contributed by atoms with E-state index in [-0.39, 0.29) is 6.42 Å². The zero-order valence-electron chi connectivity index (χ0n) is 16.5. The van der Waals surface area contributed by atoms with Crippen LogP contribution in [0.25, 0.3) is 22.2 Å². The molecule has 146 valence electrons. The molecule has 4 aromatic rings. The lowest BCUT2D eigenvalue weighted by atomic mass is 10.0. The number of nitrogens with one attached hydrogen (secondary N) is 1. The van der Waals surface area contributed by atoms with Gasteiger partial charge < -0.3 is 14.8 Å². The molecule has 0 spiro atoms. The van der Waals surface area contributed by atoms with Crippen LogP contribution in [0, 0.1) is 13.8 Å². The molecular weight excluding hydrogens is 362 g/mol. The number of rotatable bonds is 6. The summed E-state index contributed by atoms with van der Waals surface area (Å²) in [5.41, 5.74) is 6.95. The monoisotopic (exact) mass is 385 g/mol. The Kier molecular flexibility index (Phi) is 5.09. The molecule has 0 aliphatic carbocycles. The summed E-state index contributed by atoms with van der Waals surface area (Å²) in [6.45, 7) is 4.58. The van der Waals surface area contributed by atoms with Crippen LogP contribution in [-0.4, -0.2) is 16.1 Å². The van der Waals surface area contributed by atoms with E-state index in [1.165, 1.54) is 0 Å². The van der Waals surface area contributed by atoms with Crippen LogP contribution < -0.4 is 4.74 Å². The highest BCUT2D eigenvalue weighted by Gasteiger charge is 2.17. The molecular formula is C25H23NO3. The third-order valence-corrected chi connectivity index (χ3v) is 5.08. The summed E-state index contributed by atoms with van der Waals surface area (Å²) < 4.78 is 5.87. The average Bonchev–Trinajstić information content (AvgIpc) is 3.06. The quantitative estimate of drug-likeness (QED) is 0.450. The van der Waals surface area contributed by atoms with Crippen molar-refractivity contribution in [2.75, 3.05) is 0 Å². The smallest absolute Gasteiger partial charge is 0.307 e. The SMILES string of the molecule is Cc1cc(C)c2[nH]c(-c3ccc(OCc4ccccc4)cc3)c(CC(=O)O)c2c1. The normalized spacial score (nSPS) is 11.0. The summed E-state index contributed by atoms with van der Waals surface area (Å²) >= 11 is 0. The maximum atomic E-state index is 11.5. The van der Waals surface area contributed by atoms with Gasteiger partial charge in [0, 0.05) is 10.9 Å². The van der Waals surface area contributed by atoms with Gasteiger partial charge in [0.15, 0.2) is 0 Å². The van der Waals surface area contributed by atoms with Gasteiger partial charge >= 0.3 is 5.97 Å². The zero-order valence-corrected chi connectivity index (χ0v) is 16.5. The first kappa shape index (κ1) is 18.8. The Bertz CT molecular complexity index is 1160. The molecule has 0 amide bonds. The van der Waals surface area contributed by atoms with E-state index in [2.05, 4.69) is 17.1 Å². The number of aromatic amines is 1. The molecule has 0 aliphatic heterocycles. The van der Waals surface area contributed by atoms with E-state index >= 15 is 0 Å². The number of carboxylic acids is 1. The molecule has 2 N–H and O–H groups in total. The number of carbonyl (C=O) groups is 1. The van der Waals surface area contributed by atoms with Crippen LogP contribution >= 0.6 is 0 Å². The minimum Gasteiger partial charge on any atom is -0.489 e. The van der Waals surface area contributed by atoms with Crippen molar-refractivity contribution in [1.82, 2.24) is 4.98 Å². The number of aryl methyl sites for hydroxylation is 2. The molecule has 0 unspecified atom stereocenters. The minimum absolute atomic E-state index is 0.0233. The Balaban J connectivity index is 1.67. The van der Waals surface area contributed by atoms with Gasteiger partial charge in [0.25, 0.3) is 0 Å². The molecule has 1 aromatic heterocycles. The number of benzene rings is 3. The van der Waals surface area contributed by atoms with E-state index in [1.54, 1.807) is 0 Å². The summed E-state index contributed by atoms with van der Waals surface area (Å²) in [7, 11) is 0. The molecule has 4 nitrogen and oxygen atoms in total. The third-order valence-electron chi connectivity index (χ3n) is 5.08. The molecule has 0 fully saturated rings. The maximum absolute atomic E-state index is 11.5. The number of aromatic nitrogens is 1. The van der Waals surface area contributed by atoms with Crippen LogP contribution in [0.5, 0.6) is 5.75 Å². The van der Waals surface area contributed by atoms with E-state index in [4.69, 9.17) is 4.74 Å². The maximum Gasteiger partial charge on any atom is 0.307 e. The van der Waals surface area contributed by atoms with E-state index in [0.717, 1.165) is 50.2 Å². The van der Waals surface area contributed by atoms with E-state index < -0.39 is 5.97 Å². The van der Waals surface area contributed by atoms with Crippen LogP contribution in [0.3, 0.4) is 0 Å². The predicted octanol–water partition coefficient (Wildman–Crippen LogP) is 5.66. The first-order valence-electron chi connectivity index (χ1n) is 9.62. The number of H-pyrrole nitrogens is 1. The van der Waals surface area contributed by atoms with Crippen molar-refractivity contribution in [3.8, 4) is 17.0 Å². The van der Waals surface area contributed by atoms with Gasteiger partial charge in [-0.15, -0.1) is 0 Å². The Labute approximate surface area is 169 Å². The molecule has 0 aliphatic rings. The van der Waals surface area contributed by atoms with Gasteiger partial charge in [-0.2, -0.15) is 0 Å². The molecule has 0 radical (unpaired) electrons. The van der Waals surface area contributed by atoms with E-state index in [0.29, 0.717) is 6.61 Å². The van der Waals surface area contributed by atoms with Gasteiger partial charge in [-0.3, -0.25) is 4.79 Å². The first-order chi connectivity index (χ1) is 14.0. The van der Waals surface area contributed by atoms with Crippen molar-refractivity contribution < 1.29 is 14.6 Å². The molecule has 0 saturated carbocycles. The molecule has 1 heterocycles. The summed E-state index contributed by atoms with van der Waals surface area (Å²) in [5.74, 6) is -0.0605. The largest absolute Gasteiger partial charge is 0.489 e. The highest BCUT2D eigenvalue weighted by Crippen LogP contribution is 2.34. The van der Waals surface area contributed by atoms with Crippen LogP contribution in [0.15, 0.2) is 66.7 Å². The zero-order chi connectivity index (χ0) is 20.4. The summed E-state index contributed by atoms with van der Waals surface area (Å²) in [6, 6.07) is 22.0. The molecule has 4 rings (SSSR count). The van der Waals surface area contributed by atoms with Gasteiger partial charge in [-0.05, 0) is 66.4 Å². The van der Waals surface area contributed by atoms with E-state index in [1.807, 2.05) is 68.4 Å². The first-order valence-corrected chi connectivity index (χ1v) is 9.62. The number of hydrogen-bond acceptors (Lipinski definition) is 2. The van der Waals surface area contributed by atoms with Gasteiger partial charge in [0.1, 0.15) is 12.4 Å². The van der Waals surface area contributed by atoms with Gasteiger partial charge in [-0.1, -0.05) is 42.0 Å². The van der Waals surface area contributed by atoms with Gasteiger partial charge in [0.2, 0.25) is 0 Å². The topological polar surface area (TPSA) is 62.3 Å². The summed E-state index contributed by atoms with van der Waals surface area (Å²) in [6.07, 6.45) is -0.0233. The molecule has 0 atom stereocenters. The van der Waals surface area contributed by atoms with Crippen molar-refractivity contribution in [3.63, 3.8) is 0 Å². The fourth-order valence-electron chi connectivity index (χ4n) is 3.75. The van der Waals surface area contributed by atoms with Crippen LogP contribution in [0.4, 0.5) is 0 Å². The van der Waals surface area contributed by atoms with Gasteiger partial charge in [0.05, 0.1) is 12.1 Å². The Hall–Kier alpha value is -3.53. The number of hydrogen-bond donors (Lipinski definition) is 2. The summed E-state index contributed by atoms with van der Waals surface area (Å²) in [5, 5.41) is 10.4. The van der Waals surface area contributed by atoms with Crippen LogP contribution in [0.1, 0.15) is 22.3 Å². The lowest BCUT2D eigenvalue weighted by Crippen LogP contribution is -2.01. The summed E-state index contributed by atoms with van der Waals surface area (Å²) in [4.78, 5) is 15.0. The molecule has 0 bridgehead atoms. The van der Waals surface area contributed by atoms with Crippen molar-refractivity contribution in [2.24, 2.45) is 0 Å². The predicted molar refractivity (Wildman–Crippen MR) is 115 cm³/mol. The van der Waals surface area contributed by atoms with Crippen LogP contribution in [-0.2, 0) is 17.8 Å². The highest BCUT2D eigenvalue weighted by molar-refractivity contribution is 5.95. The second-order valence-corrected chi connectivity index (χ2v) is 7.35. The fourth-order valence-corrected chi connectivity index (χ4v) is 3.75. The van der Waals surface area contributed by atoms with Crippen LogP contribution in [0.2, 0.25) is 0 Å². The number of aliphatic carboxylic acids is 1.